The highest BCUT2D eigenvalue weighted by Gasteiger charge is 2.31. The van der Waals surface area contributed by atoms with E-state index in [2.05, 4.69) is 9.97 Å². The van der Waals surface area contributed by atoms with Crippen LogP contribution in [0.4, 0.5) is 13.2 Å². The maximum atomic E-state index is 12.4. The van der Waals surface area contributed by atoms with Crippen molar-refractivity contribution < 1.29 is 30.7 Å². The molecule has 22 heavy (non-hydrogen) atoms. The van der Waals surface area contributed by atoms with Gasteiger partial charge in [-0.1, -0.05) is 0 Å². The summed E-state index contributed by atoms with van der Waals surface area (Å²) < 4.78 is 70.2. The number of aryl methyl sites for hydroxylation is 1. The van der Waals surface area contributed by atoms with Gasteiger partial charge in [-0.25, -0.2) is 23.0 Å². The van der Waals surface area contributed by atoms with Gasteiger partial charge in [0.15, 0.2) is 24.8 Å². The molecule has 0 aromatic carbocycles. The van der Waals surface area contributed by atoms with Crippen LogP contribution in [0.5, 0.6) is 0 Å². The third-order valence-corrected chi connectivity index (χ3v) is 3.41. The van der Waals surface area contributed by atoms with Gasteiger partial charge < -0.3 is 4.55 Å². The van der Waals surface area contributed by atoms with Crippen LogP contribution < -0.4 is 4.57 Å². The zero-order chi connectivity index (χ0) is 16.4. The average molecular weight is 333 g/mol. The summed E-state index contributed by atoms with van der Waals surface area (Å²) >= 11 is 0. The summed E-state index contributed by atoms with van der Waals surface area (Å²) in [6, 6.07) is 3.03. The number of aromatic nitrogens is 3. The molecule has 0 unspecified atom stereocenters. The number of hydrogen-bond donors (Lipinski definition) is 0. The second-order valence-corrected chi connectivity index (χ2v) is 5.90. The molecule has 0 bridgehead atoms. The van der Waals surface area contributed by atoms with E-state index in [0.717, 1.165) is 0 Å². The molecule has 0 atom stereocenters. The van der Waals surface area contributed by atoms with Gasteiger partial charge in [0, 0.05) is 30.1 Å². The molecule has 0 spiro atoms. The third-order valence-electron chi connectivity index (χ3n) is 2.73. The molecule has 0 aliphatic heterocycles. The fourth-order valence-electron chi connectivity index (χ4n) is 1.60. The normalized spacial score (nSPS) is 12.4. The topological polar surface area (TPSA) is 86.9 Å². The SMILES string of the molecule is O=S(=O)([O-])CC[n+]1ccc(-c2ncc(C(F)(F)F)cn2)cc1. The minimum Gasteiger partial charge on any atom is -0.748 e. The van der Waals surface area contributed by atoms with Crippen LogP contribution in [0.2, 0.25) is 0 Å². The van der Waals surface area contributed by atoms with Gasteiger partial charge in [-0.3, -0.25) is 0 Å². The Kier molecular flexibility index (Phi) is 4.42. The van der Waals surface area contributed by atoms with E-state index in [1.165, 1.54) is 29.1 Å². The summed E-state index contributed by atoms with van der Waals surface area (Å²) in [6.45, 7) is -0.0139. The highest BCUT2D eigenvalue weighted by Crippen LogP contribution is 2.28. The minimum absolute atomic E-state index is 0.0139. The summed E-state index contributed by atoms with van der Waals surface area (Å²) in [4.78, 5) is 7.29. The quantitative estimate of drug-likeness (QED) is 0.615. The van der Waals surface area contributed by atoms with Crippen molar-refractivity contribution in [2.75, 3.05) is 5.75 Å². The minimum atomic E-state index is -4.50. The molecule has 2 rings (SSSR count). The average Bonchev–Trinajstić information content (AvgIpc) is 2.44. The van der Waals surface area contributed by atoms with Crippen molar-refractivity contribution in [3.05, 3.63) is 42.5 Å². The number of alkyl halides is 3. The first-order chi connectivity index (χ1) is 10.1. The number of halogens is 3. The van der Waals surface area contributed by atoms with Gasteiger partial charge in [-0.15, -0.1) is 0 Å². The third kappa shape index (κ3) is 4.46. The second kappa shape index (κ2) is 5.97. The number of pyridine rings is 1. The Morgan fingerprint density at radius 1 is 1.14 bits per heavy atom. The summed E-state index contributed by atoms with van der Waals surface area (Å²) in [7, 11) is -4.31. The summed E-state index contributed by atoms with van der Waals surface area (Å²) in [5.41, 5.74) is -0.474. The van der Waals surface area contributed by atoms with Gasteiger partial charge in [-0.05, 0) is 0 Å². The van der Waals surface area contributed by atoms with Gasteiger partial charge in [0.1, 0.15) is 10.1 Å². The Bertz CT molecular complexity index is 744. The van der Waals surface area contributed by atoms with Crippen molar-refractivity contribution >= 4 is 10.1 Å². The molecule has 6 nitrogen and oxygen atoms in total. The Labute approximate surface area is 124 Å². The van der Waals surface area contributed by atoms with Crippen LogP contribution in [-0.4, -0.2) is 28.7 Å². The van der Waals surface area contributed by atoms with Crippen LogP contribution in [0.1, 0.15) is 5.56 Å². The van der Waals surface area contributed by atoms with E-state index in [1.54, 1.807) is 0 Å². The van der Waals surface area contributed by atoms with Crippen LogP contribution in [0.15, 0.2) is 36.9 Å². The number of rotatable bonds is 4. The van der Waals surface area contributed by atoms with Crippen LogP contribution in [0, 0.1) is 0 Å². The lowest BCUT2D eigenvalue weighted by Crippen LogP contribution is -2.36. The Hall–Kier alpha value is -2.07. The summed E-state index contributed by atoms with van der Waals surface area (Å²) in [6.07, 6.45) is -0.147. The van der Waals surface area contributed by atoms with E-state index in [4.69, 9.17) is 0 Å². The van der Waals surface area contributed by atoms with Crippen LogP contribution >= 0.6 is 0 Å². The lowest BCUT2D eigenvalue weighted by molar-refractivity contribution is -0.692. The molecule has 0 fully saturated rings. The maximum Gasteiger partial charge on any atom is 0.419 e. The largest absolute Gasteiger partial charge is 0.748 e. The van der Waals surface area contributed by atoms with Gasteiger partial charge >= 0.3 is 6.18 Å². The molecule has 0 radical (unpaired) electrons. The first kappa shape index (κ1) is 16.3. The molecule has 0 N–H and O–H groups in total. The predicted octanol–water partition coefficient (Wildman–Crippen LogP) is 0.995. The first-order valence-corrected chi connectivity index (χ1v) is 7.55. The molecule has 0 saturated heterocycles. The van der Waals surface area contributed by atoms with Crippen molar-refractivity contribution in [3.63, 3.8) is 0 Å². The molecule has 2 heterocycles. The molecule has 2 aromatic heterocycles. The highest BCUT2D eigenvalue weighted by molar-refractivity contribution is 7.85. The van der Waals surface area contributed by atoms with Crippen molar-refractivity contribution in [1.29, 1.82) is 0 Å². The molecule has 10 heteroatoms. The lowest BCUT2D eigenvalue weighted by atomic mass is 10.2. The molecular weight excluding hydrogens is 323 g/mol. The second-order valence-electron chi connectivity index (χ2n) is 4.38. The van der Waals surface area contributed by atoms with Gasteiger partial charge in [0.05, 0.1) is 11.3 Å². The monoisotopic (exact) mass is 333 g/mol. The van der Waals surface area contributed by atoms with Gasteiger partial charge in [-0.2, -0.15) is 13.2 Å². The molecular formula is C12H10F3N3O3S. The van der Waals surface area contributed by atoms with E-state index >= 15 is 0 Å². The smallest absolute Gasteiger partial charge is 0.419 e. The molecule has 0 aliphatic carbocycles. The first-order valence-electron chi connectivity index (χ1n) is 5.97. The van der Waals surface area contributed by atoms with Crippen molar-refractivity contribution in [2.24, 2.45) is 0 Å². The number of hydrogen-bond acceptors (Lipinski definition) is 5. The zero-order valence-corrected chi connectivity index (χ0v) is 11.8. The Morgan fingerprint density at radius 2 is 1.68 bits per heavy atom. The van der Waals surface area contributed by atoms with Crippen LogP contribution in [0.25, 0.3) is 11.4 Å². The van der Waals surface area contributed by atoms with Crippen molar-refractivity contribution in [1.82, 2.24) is 9.97 Å². The molecule has 0 amide bonds. The van der Waals surface area contributed by atoms with E-state index in [9.17, 15) is 26.1 Å². The molecule has 0 aliphatic rings. The van der Waals surface area contributed by atoms with Crippen LogP contribution in [0.3, 0.4) is 0 Å². The Morgan fingerprint density at radius 3 is 2.14 bits per heavy atom. The van der Waals surface area contributed by atoms with E-state index in [0.29, 0.717) is 18.0 Å². The van der Waals surface area contributed by atoms with Crippen molar-refractivity contribution in [3.8, 4) is 11.4 Å². The number of nitrogens with zero attached hydrogens (tertiary/aromatic N) is 3. The molecule has 2 aromatic rings. The summed E-state index contributed by atoms with van der Waals surface area (Å²) in [5, 5.41) is 0. The van der Waals surface area contributed by atoms with E-state index in [1.807, 2.05) is 0 Å². The van der Waals surface area contributed by atoms with Crippen molar-refractivity contribution in [2.45, 2.75) is 12.7 Å². The van der Waals surface area contributed by atoms with E-state index in [-0.39, 0.29) is 12.4 Å². The van der Waals surface area contributed by atoms with Crippen LogP contribution in [-0.2, 0) is 22.8 Å². The summed E-state index contributed by atoms with van der Waals surface area (Å²) in [5.74, 6) is -0.440. The molecule has 118 valence electrons. The van der Waals surface area contributed by atoms with E-state index < -0.39 is 27.6 Å². The highest BCUT2D eigenvalue weighted by atomic mass is 32.2. The maximum absolute atomic E-state index is 12.4. The molecule has 0 saturated carbocycles. The Balaban J connectivity index is 2.13. The standard InChI is InChI=1S/C12H10F3N3O3S/c13-12(14,15)10-7-16-11(17-8-10)9-1-3-18(4-2-9)5-6-22(19,20)21/h1-4,7-8H,5-6H2. The van der Waals surface area contributed by atoms with Gasteiger partial charge in [0.2, 0.25) is 0 Å². The fraction of sp³-hybridized carbons (Fsp3) is 0.250. The lowest BCUT2D eigenvalue weighted by Gasteiger charge is -2.06. The zero-order valence-electron chi connectivity index (χ0n) is 11.0. The fourth-order valence-corrected chi connectivity index (χ4v) is 2.03. The predicted molar refractivity (Wildman–Crippen MR) is 67.2 cm³/mol. The van der Waals surface area contributed by atoms with Gasteiger partial charge in [0.25, 0.3) is 0 Å².